The van der Waals surface area contributed by atoms with Crippen LogP contribution in [0.1, 0.15) is 6.92 Å². The highest BCUT2D eigenvalue weighted by atomic mass is 15.4. The highest BCUT2D eigenvalue weighted by molar-refractivity contribution is 5.68. The molecule has 4 heteroatoms. The molecule has 12 heavy (non-hydrogen) atoms. The summed E-state index contributed by atoms with van der Waals surface area (Å²) >= 11 is 0. The first-order valence-electron chi connectivity index (χ1n) is 3.98. The van der Waals surface area contributed by atoms with E-state index in [0.29, 0.717) is 6.17 Å². The van der Waals surface area contributed by atoms with Gasteiger partial charge in [-0.15, -0.1) is 0 Å². The van der Waals surface area contributed by atoms with Gasteiger partial charge in [-0.3, -0.25) is 0 Å². The smallest absolute Gasteiger partial charge is 0.173 e. The molecule has 0 aromatic carbocycles. The summed E-state index contributed by atoms with van der Waals surface area (Å²) in [5.74, 6) is 1.93. The average molecular weight is 164 g/mol. The molecule has 4 nitrogen and oxygen atoms in total. The van der Waals surface area contributed by atoms with E-state index in [2.05, 4.69) is 26.7 Å². The van der Waals surface area contributed by atoms with Crippen molar-refractivity contribution in [1.82, 2.24) is 9.97 Å². The molecule has 0 saturated heterocycles. The van der Waals surface area contributed by atoms with Crippen molar-refractivity contribution in [3.63, 3.8) is 0 Å². The highest BCUT2D eigenvalue weighted by Crippen LogP contribution is 2.32. The fourth-order valence-corrected chi connectivity index (χ4v) is 1.43. The van der Waals surface area contributed by atoms with Crippen LogP contribution in [0, 0.1) is 0 Å². The Morgan fingerprint density at radius 2 is 1.50 bits per heavy atom. The van der Waals surface area contributed by atoms with E-state index in [0.717, 1.165) is 11.6 Å². The van der Waals surface area contributed by atoms with Gasteiger partial charge in [-0.05, 0) is 6.92 Å². The minimum absolute atomic E-state index is 0.349. The van der Waals surface area contributed by atoms with E-state index < -0.39 is 0 Å². The highest BCUT2D eigenvalue weighted by Gasteiger charge is 2.29. The molecule has 0 spiro atoms. The first-order chi connectivity index (χ1) is 5.72. The fourth-order valence-electron chi connectivity index (χ4n) is 1.43. The Morgan fingerprint density at radius 1 is 1.08 bits per heavy atom. The van der Waals surface area contributed by atoms with Gasteiger partial charge in [-0.25, -0.2) is 9.97 Å². The molecule has 0 unspecified atom stereocenters. The Balaban J connectivity index is 2.52. The molecule has 0 aliphatic carbocycles. The molecule has 0 bridgehead atoms. The SMILES string of the molecule is CC1N(C)c2nccnc2N1C. The minimum atomic E-state index is 0.349. The summed E-state index contributed by atoms with van der Waals surface area (Å²) in [5, 5.41) is 0. The Hall–Kier alpha value is -1.32. The van der Waals surface area contributed by atoms with E-state index in [1.165, 1.54) is 0 Å². The molecule has 2 rings (SSSR count). The third kappa shape index (κ3) is 0.776. The summed E-state index contributed by atoms with van der Waals surface area (Å²) in [6.45, 7) is 2.13. The number of hydrogen-bond donors (Lipinski definition) is 0. The first-order valence-corrected chi connectivity index (χ1v) is 3.98. The third-order valence-corrected chi connectivity index (χ3v) is 2.45. The van der Waals surface area contributed by atoms with E-state index in [4.69, 9.17) is 0 Å². The number of rotatable bonds is 0. The molecule has 64 valence electrons. The molecule has 1 aliphatic rings. The van der Waals surface area contributed by atoms with Crippen LogP contribution in [-0.2, 0) is 0 Å². The quantitative estimate of drug-likeness (QED) is 0.565. The van der Waals surface area contributed by atoms with Crippen LogP contribution in [0.4, 0.5) is 11.6 Å². The normalized spacial score (nSPS) is 16.9. The Bertz CT molecular complexity index is 270. The molecule has 2 heterocycles. The van der Waals surface area contributed by atoms with Gasteiger partial charge in [0, 0.05) is 26.5 Å². The summed E-state index contributed by atoms with van der Waals surface area (Å²) in [7, 11) is 4.06. The molecule has 0 amide bonds. The zero-order valence-corrected chi connectivity index (χ0v) is 7.52. The fraction of sp³-hybridized carbons (Fsp3) is 0.500. The van der Waals surface area contributed by atoms with Crippen LogP contribution in [0.25, 0.3) is 0 Å². The largest absolute Gasteiger partial charge is 0.336 e. The molecule has 0 N–H and O–H groups in total. The lowest BCUT2D eigenvalue weighted by Gasteiger charge is -2.21. The number of hydrogen-bond acceptors (Lipinski definition) is 4. The molecule has 0 atom stereocenters. The van der Waals surface area contributed by atoms with Gasteiger partial charge in [0.1, 0.15) is 6.17 Å². The van der Waals surface area contributed by atoms with Crippen LogP contribution in [0.3, 0.4) is 0 Å². The van der Waals surface area contributed by atoms with Crippen molar-refractivity contribution in [2.75, 3.05) is 23.9 Å². The predicted octanol–water partition coefficient (Wildman–Crippen LogP) is 0.709. The molecule has 0 fully saturated rings. The van der Waals surface area contributed by atoms with Crippen LogP contribution < -0.4 is 9.80 Å². The lowest BCUT2D eigenvalue weighted by Crippen LogP contribution is -2.36. The second-order valence-corrected chi connectivity index (χ2v) is 3.06. The number of nitrogens with zero attached hydrogens (tertiary/aromatic N) is 4. The maximum Gasteiger partial charge on any atom is 0.173 e. The average Bonchev–Trinajstić information content (AvgIpc) is 2.33. The molecule has 1 aliphatic heterocycles. The van der Waals surface area contributed by atoms with E-state index >= 15 is 0 Å². The summed E-state index contributed by atoms with van der Waals surface area (Å²) < 4.78 is 0. The zero-order chi connectivity index (χ0) is 8.72. The van der Waals surface area contributed by atoms with Crippen molar-refractivity contribution in [2.24, 2.45) is 0 Å². The van der Waals surface area contributed by atoms with Gasteiger partial charge in [-0.1, -0.05) is 0 Å². The Morgan fingerprint density at radius 3 is 1.92 bits per heavy atom. The molecule has 1 aromatic rings. The molecular weight excluding hydrogens is 152 g/mol. The standard InChI is InChI=1S/C8H12N4/c1-6-11(2)7-8(12(6)3)10-5-4-9-7/h4-6H,1-3H3. The Kier molecular flexibility index (Phi) is 1.43. The van der Waals surface area contributed by atoms with Crippen molar-refractivity contribution in [3.05, 3.63) is 12.4 Å². The van der Waals surface area contributed by atoms with Crippen LogP contribution in [0.2, 0.25) is 0 Å². The Labute approximate surface area is 71.8 Å². The number of fused-ring (bicyclic) bond motifs is 1. The molecule has 0 radical (unpaired) electrons. The van der Waals surface area contributed by atoms with Crippen molar-refractivity contribution >= 4 is 11.6 Å². The van der Waals surface area contributed by atoms with E-state index in [1.54, 1.807) is 12.4 Å². The number of aromatic nitrogens is 2. The third-order valence-electron chi connectivity index (χ3n) is 2.45. The maximum atomic E-state index is 4.26. The second-order valence-electron chi connectivity index (χ2n) is 3.06. The van der Waals surface area contributed by atoms with E-state index in [-0.39, 0.29) is 0 Å². The summed E-state index contributed by atoms with van der Waals surface area (Å²) in [5.41, 5.74) is 0. The van der Waals surface area contributed by atoms with Gasteiger partial charge in [0.05, 0.1) is 0 Å². The van der Waals surface area contributed by atoms with Gasteiger partial charge in [0.2, 0.25) is 0 Å². The summed E-state index contributed by atoms with van der Waals surface area (Å²) in [6.07, 6.45) is 3.80. The van der Waals surface area contributed by atoms with Gasteiger partial charge in [0.25, 0.3) is 0 Å². The lowest BCUT2D eigenvalue weighted by atomic mass is 10.5. The monoisotopic (exact) mass is 164 g/mol. The van der Waals surface area contributed by atoms with Gasteiger partial charge < -0.3 is 9.80 Å². The molecule has 0 saturated carbocycles. The van der Waals surface area contributed by atoms with Gasteiger partial charge in [0.15, 0.2) is 11.6 Å². The van der Waals surface area contributed by atoms with Crippen molar-refractivity contribution in [3.8, 4) is 0 Å². The first kappa shape index (κ1) is 7.34. The summed E-state index contributed by atoms with van der Waals surface area (Å²) in [4.78, 5) is 12.8. The zero-order valence-electron chi connectivity index (χ0n) is 7.52. The van der Waals surface area contributed by atoms with Crippen molar-refractivity contribution < 1.29 is 0 Å². The van der Waals surface area contributed by atoms with Gasteiger partial charge in [-0.2, -0.15) is 0 Å². The predicted molar refractivity (Wildman–Crippen MR) is 48.3 cm³/mol. The van der Waals surface area contributed by atoms with Crippen LogP contribution >= 0.6 is 0 Å². The van der Waals surface area contributed by atoms with E-state index in [1.807, 2.05) is 14.1 Å². The maximum absolute atomic E-state index is 4.26. The molecular formula is C8H12N4. The van der Waals surface area contributed by atoms with Crippen molar-refractivity contribution in [2.45, 2.75) is 13.1 Å². The van der Waals surface area contributed by atoms with Crippen LogP contribution in [0.15, 0.2) is 12.4 Å². The minimum Gasteiger partial charge on any atom is -0.336 e. The van der Waals surface area contributed by atoms with Crippen molar-refractivity contribution in [1.29, 1.82) is 0 Å². The summed E-state index contributed by atoms with van der Waals surface area (Å²) in [6, 6.07) is 0. The van der Waals surface area contributed by atoms with Crippen LogP contribution in [0.5, 0.6) is 0 Å². The van der Waals surface area contributed by atoms with Gasteiger partial charge >= 0.3 is 0 Å². The topological polar surface area (TPSA) is 32.3 Å². The van der Waals surface area contributed by atoms with E-state index in [9.17, 15) is 0 Å². The van der Waals surface area contributed by atoms with Crippen LogP contribution in [-0.4, -0.2) is 30.2 Å². The lowest BCUT2D eigenvalue weighted by molar-refractivity contribution is 0.703. The number of anilines is 2. The second kappa shape index (κ2) is 2.33. The molecule has 1 aromatic heterocycles.